The van der Waals surface area contributed by atoms with Crippen molar-refractivity contribution in [3.63, 3.8) is 0 Å². The summed E-state index contributed by atoms with van der Waals surface area (Å²) in [5.41, 5.74) is 4.19. The Morgan fingerprint density at radius 2 is 1.65 bits per heavy atom. The van der Waals surface area contributed by atoms with E-state index in [0.29, 0.717) is 30.2 Å². The molecule has 10 nitrogen and oxygen atoms in total. The maximum atomic E-state index is 14.4. The molecule has 1 aliphatic heterocycles. The van der Waals surface area contributed by atoms with Gasteiger partial charge in [0.25, 0.3) is 15.9 Å². The van der Waals surface area contributed by atoms with Crippen molar-refractivity contribution in [2.75, 3.05) is 17.9 Å². The van der Waals surface area contributed by atoms with Crippen molar-refractivity contribution in [2.24, 2.45) is 10.8 Å². The maximum Gasteiger partial charge on any atom is 0.264 e. The van der Waals surface area contributed by atoms with E-state index in [4.69, 9.17) is 9.47 Å². The second-order valence-corrected chi connectivity index (χ2v) is 16.8. The molecule has 0 saturated heterocycles. The summed E-state index contributed by atoms with van der Waals surface area (Å²) in [5, 5.41) is 0. The average molecular weight is 686 g/mol. The lowest BCUT2D eigenvalue weighted by Gasteiger charge is -2.35. The number of aromatic nitrogens is 3. The second-order valence-electron chi connectivity index (χ2n) is 15.1. The average Bonchev–Trinajstić information content (AvgIpc) is 3.01. The number of amides is 1. The van der Waals surface area contributed by atoms with Gasteiger partial charge in [-0.15, -0.1) is 0 Å². The third-order valence-electron chi connectivity index (χ3n) is 8.28. The number of carbonyl (C=O) groups excluding carboxylic acids is 1. The van der Waals surface area contributed by atoms with Gasteiger partial charge < -0.3 is 14.4 Å². The Balaban J connectivity index is 1.57. The van der Waals surface area contributed by atoms with Crippen molar-refractivity contribution in [1.82, 2.24) is 19.9 Å². The Kier molecular flexibility index (Phi) is 10.3. The molecule has 4 bridgehead atoms. The second kappa shape index (κ2) is 14.2. The van der Waals surface area contributed by atoms with E-state index < -0.39 is 16.1 Å². The number of hydrogen-bond acceptors (Lipinski definition) is 8. The number of rotatable bonds is 7. The van der Waals surface area contributed by atoms with E-state index in [-0.39, 0.29) is 52.2 Å². The molecule has 0 unspecified atom stereocenters. The number of nitrogens with one attached hydrogen (secondary N) is 1. The Morgan fingerprint density at radius 1 is 0.939 bits per heavy atom. The van der Waals surface area contributed by atoms with E-state index >= 15 is 0 Å². The number of nitrogens with zero attached hydrogens (tertiary/aromatic N) is 4. The van der Waals surface area contributed by atoms with Crippen LogP contribution in [0.2, 0.25) is 0 Å². The van der Waals surface area contributed by atoms with Crippen LogP contribution in [0.5, 0.6) is 11.6 Å². The molecule has 0 radical (unpaired) electrons. The highest BCUT2D eigenvalue weighted by molar-refractivity contribution is 7.92. The molecule has 260 valence electrons. The van der Waals surface area contributed by atoms with Crippen LogP contribution in [0.3, 0.4) is 0 Å². The molecule has 2 aromatic carbocycles. The van der Waals surface area contributed by atoms with Crippen molar-refractivity contribution in [2.45, 2.75) is 85.7 Å². The lowest BCUT2D eigenvalue weighted by molar-refractivity contribution is 0.0509. The smallest absolute Gasteiger partial charge is 0.264 e. The van der Waals surface area contributed by atoms with Crippen LogP contribution in [-0.4, -0.2) is 53.4 Å². The van der Waals surface area contributed by atoms with Crippen LogP contribution in [0.4, 0.5) is 5.95 Å². The maximum absolute atomic E-state index is 14.4. The zero-order valence-electron chi connectivity index (χ0n) is 29.7. The molecule has 0 fully saturated rings. The van der Waals surface area contributed by atoms with Crippen molar-refractivity contribution < 1.29 is 22.7 Å². The Morgan fingerprint density at radius 3 is 2.31 bits per heavy atom. The molecule has 0 saturated carbocycles. The largest absolute Gasteiger partial charge is 0.492 e. The fourth-order valence-corrected chi connectivity index (χ4v) is 6.78. The molecule has 2 aromatic heterocycles. The van der Waals surface area contributed by atoms with Crippen LogP contribution in [0.1, 0.15) is 81.6 Å². The number of carbonyl (C=O) groups is 1. The first-order valence-electron chi connectivity index (χ1n) is 16.6. The molecule has 1 N–H and O–H groups in total. The number of hydrogen-bond donors (Lipinski definition) is 1. The molecule has 1 amide bonds. The molecule has 1 aliphatic rings. The van der Waals surface area contributed by atoms with Gasteiger partial charge in [-0.05, 0) is 79.0 Å². The van der Waals surface area contributed by atoms with Gasteiger partial charge in [0.1, 0.15) is 12.4 Å². The lowest BCUT2D eigenvalue weighted by atomic mass is 9.87. The minimum atomic E-state index is -4.17. The van der Waals surface area contributed by atoms with Crippen LogP contribution in [0.25, 0.3) is 11.3 Å². The highest BCUT2D eigenvalue weighted by Gasteiger charge is 2.32. The summed E-state index contributed by atoms with van der Waals surface area (Å²) >= 11 is 0. The van der Waals surface area contributed by atoms with Gasteiger partial charge in [-0.2, -0.15) is 4.98 Å². The fraction of sp³-hybridized carbons (Fsp3) is 0.421. The third-order valence-corrected chi connectivity index (χ3v) is 9.61. The minimum absolute atomic E-state index is 0.0802. The van der Waals surface area contributed by atoms with Crippen LogP contribution in [0.15, 0.2) is 71.8 Å². The number of anilines is 1. The standard InChI is InChI=1S/C38H47N5O5S/c1-25-11-9-12-26(2)34(25)32-20-33-41-36(40-32)42-49(45,46)31-14-10-13-27(19-31)35(44)43(29(24-48-33)21-38(6,7)8)23-28-15-16-30(22-39-28)47-18-17-37(3,4)5/h9-16,19-20,22,29H,17-18,21,23-24H2,1-8H3,(H,40,41,42)/t29-/m1/s1. The van der Waals surface area contributed by atoms with Gasteiger partial charge in [-0.25, -0.2) is 18.1 Å². The van der Waals surface area contributed by atoms with Crippen molar-refractivity contribution in [1.29, 1.82) is 0 Å². The van der Waals surface area contributed by atoms with Gasteiger partial charge in [0.05, 0.1) is 41.7 Å². The van der Waals surface area contributed by atoms with Gasteiger partial charge in [-0.3, -0.25) is 9.78 Å². The quantitative estimate of drug-likeness (QED) is 0.211. The SMILES string of the molecule is Cc1cccc(C)c1-c1cc2nc(n1)NS(=O)(=O)c1cccc(c1)C(=O)N(Cc1ccc(OCCC(C)(C)C)cn1)[C@H](CC(C)(C)C)CO2. The highest BCUT2D eigenvalue weighted by atomic mass is 32.2. The molecular formula is C38H47N5O5S. The van der Waals surface area contributed by atoms with E-state index in [1.165, 1.54) is 12.1 Å². The monoisotopic (exact) mass is 685 g/mol. The van der Waals surface area contributed by atoms with Crippen LogP contribution in [-0.2, 0) is 16.6 Å². The van der Waals surface area contributed by atoms with Crippen molar-refractivity contribution in [3.8, 4) is 22.9 Å². The van der Waals surface area contributed by atoms with E-state index in [2.05, 4.69) is 61.2 Å². The topological polar surface area (TPSA) is 124 Å². The highest BCUT2D eigenvalue weighted by Crippen LogP contribution is 2.32. The van der Waals surface area contributed by atoms with Crippen LogP contribution < -0.4 is 14.2 Å². The number of sulfonamides is 1. The van der Waals surface area contributed by atoms with Gasteiger partial charge in [0.2, 0.25) is 11.8 Å². The number of benzene rings is 2. The van der Waals surface area contributed by atoms with E-state index in [1.54, 1.807) is 29.3 Å². The molecule has 49 heavy (non-hydrogen) atoms. The summed E-state index contributed by atoms with van der Waals surface area (Å²) in [4.78, 5) is 29.8. The summed E-state index contributed by atoms with van der Waals surface area (Å²) in [5.74, 6) is 0.390. The van der Waals surface area contributed by atoms with Gasteiger partial charge >= 0.3 is 0 Å². The number of fused-ring (bicyclic) bond motifs is 4. The van der Waals surface area contributed by atoms with E-state index in [0.717, 1.165) is 23.1 Å². The van der Waals surface area contributed by atoms with Gasteiger partial charge in [0.15, 0.2) is 0 Å². The zero-order valence-corrected chi connectivity index (χ0v) is 30.5. The van der Waals surface area contributed by atoms with Crippen LogP contribution in [0, 0.1) is 24.7 Å². The van der Waals surface area contributed by atoms with Gasteiger partial charge in [-0.1, -0.05) is 65.8 Å². The molecule has 1 atom stereocenters. The normalized spacial score (nSPS) is 16.4. The first-order chi connectivity index (χ1) is 23.0. The molecule has 4 aromatic rings. The number of pyridine rings is 1. The molecule has 11 heteroatoms. The fourth-order valence-electron chi connectivity index (χ4n) is 5.79. The summed E-state index contributed by atoms with van der Waals surface area (Å²) < 4.78 is 42.2. The Bertz CT molecular complexity index is 1890. The molecule has 0 spiro atoms. The lowest BCUT2D eigenvalue weighted by Crippen LogP contribution is -2.45. The predicted octanol–water partition coefficient (Wildman–Crippen LogP) is 7.61. The summed E-state index contributed by atoms with van der Waals surface area (Å²) in [6, 6.07) is 17.0. The first kappa shape index (κ1) is 35.8. The van der Waals surface area contributed by atoms with E-state index in [1.807, 2.05) is 44.2 Å². The number of ether oxygens (including phenoxy) is 2. The van der Waals surface area contributed by atoms with Crippen LogP contribution >= 0.6 is 0 Å². The number of aryl methyl sites for hydroxylation is 2. The van der Waals surface area contributed by atoms with Crippen molar-refractivity contribution in [3.05, 3.63) is 89.2 Å². The van der Waals surface area contributed by atoms with Crippen molar-refractivity contribution >= 4 is 21.9 Å². The van der Waals surface area contributed by atoms with Gasteiger partial charge in [0, 0.05) is 17.2 Å². The first-order valence-corrected chi connectivity index (χ1v) is 18.1. The zero-order chi connectivity index (χ0) is 35.6. The minimum Gasteiger partial charge on any atom is -0.492 e. The summed E-state index contributed by atoms with van der Waals surface area (Å²) in [6.45, 7) is 17.6. The van der Waals surface area contributed by atoms with E-state index in [9.17, 15) is 13.2 Å². The molecule has 0 aliphatic carbocycles. The molecular weight excluding hydrogens is 639 g/mol. The molecule has 3 heterocycles. The summed E-state index contributed by atoms with van der Waals surface area (Å²) in [6.07, 6.45) is 3.16. The molecule has 5 rings (SSSR count). The third kappa shape index (κ3) is 9.35. The summed E-state index contributed by atoms with van der Waals surface area (Å²) in [7, 11) is -4.17. The Hall–Kier alpha value is -4.51. The predicted molar refractivity (Wildman–Crippen MR) is 191 cm³/mol. The Labute approximate surface area is 290 Å².